The van der Waals surface area contributed by atoms with E-state index in [-0.39, 0.29) is 16.2 Å². The zero-order valence-corrected chi connectivity index (χ0v) is 47.9. The second-order valence-electron chi connectivity index (χ2n) is 24.8. The molecule has 0 aliphatic rings. The number of fused-ring (bicyclic) bond motifs is 6. The fourth-order valence-corrected chi connectivity index (χ4v) is 13.9. The number of hydrogen-bond donors (Lipinski definition) is 0. The van der Waals surface area contributed by atoms with Gasteiger partial charge in [-0.25, -0.2) is 0 Å². The van der Waals surface area contributed by atoms with E-state index in [0.717, 1.165) is 50.6 Å². The summed E-state index contributed by atoms with van der Waals surface area (Å²) in [5.41, 5.74) is 18.1. The van der Waals surface area contributed by atoms with E-state index >= 15 is 0 Å². The first-order valence-electron chi connectivity index (χ1n) is 27.1. The zero-order valence-electron chi connectivity index (χ0n) is 47.0. The highest BCUT2D eigenvalue weighted by Gasteiger charge is 2.29. The van der Waals surface area contributed by atoms with Gasteiger partial charge in [-0.3, -0.25) is 0 Å². The highest BCUT2D eigenvalue weighted by atomic mass is 31.2. The maximum Gasteiger partial charge on any atom is 0.530 e. The van der Waals surface area contributed by atoms with Crippen molar-refractivity contribution in [3.05, 3.63) is 196 Å². The van der Waals surface area contributed by atoms with Gasteiger partial charge in [0.25, 0.3) is 0 Å². The van der Waals surface area contributed by atoms with Crippen LogP contribution in [0.2, 0.25) is 0 Å². The molecule has 0 unspecified atom stereocenters. The molecule has 0 saturated carbocycles. The van der Waals surface area contributed by atoms with Gasteiger partial charge in [0, 0.05) is 0 Å². The van der Waals surface area contributed by atoms with Gasteiger partial charge in [0.2, 0.25) is 0 Å². The van der Waals surface area contributed by atoms with E-state index < -0.39 is 8.60 Å². The molecular weight excluding hydrogens is 944 g/mol. The molecule has 4 heteroatoms. The van der Waals surface area contributed by atoms with Crippen LogP contribution in [0.1, 0.15) is 112 Å². The Balaban J connectivity index is 0.962. The molecule has 15 aromatic carbocycles. The van der Waals surface area contributed by atoms with Gasteiger partial charge in [0.1, 0.15) is 17.2 Å². The number of hydrogen-bond acceptors (Lipinski definition) is 3. The Morgan fingerprint density at radius 2 is 0.526 bits per heavy atom. The molecule has 0 heterocycles. The van der Waals surface area contributed by atoms with Crippen molar-refractivity contribution >= 4 is 73.2 Å². The lowest BCUT2D eigenvalue weighted by Crippen LogP contribution is -2.12. The van der Waals surface area contributed by atoms with Gasteiger partial charge in [-0.05, 0) is 242 Å². The third-order valence-corrected chi connectivity index (χ3v) is 17.9. The lowest BCUT2D eigenvalue weighted by atomic mass is 9.79. The molecular formula is C72H69O3P. The number of rotatable bonds is 9. The highest BCUT2D eigenvalue weighted by molar-refractivity contribution is 7.43. The van der Waals surface area contributed by atoms with Crippen LogP contribution in [0.5, 0.6) is 17.2 Å². The summed E-state index contributed by atoms with van der Waals surface area (Å²) in [4.78, 5) is 0. The molecule has 76 heavy (non-hydrogen) atoms. The van der Waals surface area contributed by atoms with E-state index in [4.69, 9.17) is 13.6 Å². The summed E-state index contributed by atoms with van der Waals surface area (Å²) in [6.45, 7) is 34.1. The minimum absolute atomic E-state index is 0.0211. The van der Waals surface area contributed by atoms with Crippen molar-refractivity contribution in [2.45, 2.75) is 120 Å². The Morgan fingerprint density at radius 3 is 0.789 bits per heavy atom. The second kappa shape index (κ2) is 17.7. The third kappa shape index (κ3) is 7.95. The average Bonchev–Trinajstić information content (AvgIpc) is 3.38. The molecule has 15 aromatic rings. The standard InChI is InChI=1S/C72H69O3P/c1-40-49(52-31-34-55-46-25-28-58(67(55)43(52)4)61(37-46)70(7,8)9)19-16-22-64(40)73-76(74-65-23-17-20-50(41(65)2)53-32-35-56-47-26-29-59(68(56)44(53)5)62(38-47)71(10,11)12)75-66-24-18-21-51(42(66)3)54-33-36-57-48-27-30-60(69(57)45(54)6)63(39-48)72(13,14)15/h16-39H,1-15H3. The minimum atomic E-state index is -2.07. The molecule has 0 N–H and O–H groups in total. The lowest BCUT2D eigenvalue weighted by molar-refractivity contribution is 0.385. The summed E-state index contributed by atoms with van der Waals surface area (Å²) in [6.07, 6.45) is 0. The van der Waals surface area contributed by atoms with Crippen LogP contribution in [0.15, 0.2) is 146 Å². The van der Waals surface area contributed by atoms with Gasteiger partial charge in [-0.1, -0.05) is 172 Å². The van der Waals surface area contributed by atoms with Gasteiger partial charge in [0.15, 0.2) is 0 Å². The van der Waals surface area contributed by atoms with Crippen LogP contribution in [-0.4, -0.2) is 0 Å². The largest absolute Gasteiger partial charge is 0.530 e. The Bertz CT molecular complexity index is 3830. The predicted octanol–water partition coefficient (Wildman–Crippen LogP) is 21.4. The smallest absolute Gasteiger partial charge is 0.408 e. The summed E-state index contributed by atoms with van der Waals surface area (Å²) >= 11 is 0. The molecule has 0 aliphatic carbocycles. The van der Waals surface area contributed by atoms with E-state index in [1.807, 2.05) is 0 Å². The topological polar surface area (TPSA) is 27.7 Å². The molecule has 0 aliphatic heterocycles. The summed E-state index contributed by atoms with van der Waals surface area (Å²) in [7, 11) is -2.07. The molecule has 0 amide bonds. The van der Waals surface area contributed by atoms with Crippen LogP contribution >= 0.6 is 8.60 Å². The molecule has 0 saturated heterocycles. The Morgan fingerprint density at radius 1 is 0.276 bits per heavy atom. The van der Waals surface area contributed by atoms with Crippen LogP contribution in [0, 0.1) is 41.5 Å². The fraction of sp³-hybridized carbons (Fsp3) is 0.250. The summed E-state index contributed by atoms with van der Waals surface area (Å²) in [5.74, 6) is 2.16. The van der Waals surface area contributed by atoms with Gasteiger partial charge in [-0.15, -0.1) is 0 Å². The molecule has 0 fully saturated rings. The van der Waals surface area contributed by atoms with E-state index in [9.17, 15) is 0 Å². The van der Waals surface area contributed by atoms with Gasteiger partial charge in [-0.2, -0.15) is 0 Å². The van der Waals surface area contributed by atoms with Crippen molar-refractivity contribution in [2.75, 3.05) is 0 Å². The van der Waals surface area contributed by atoms with Crippen LogP contribution in [0.25, 0.3) is 98.0 Å². The second-order valence-corrected chi connectivity index (χ2v) is 25.8. The van der Waals surface area contributed by atoms with Gasteiger partial charge >= 0.3 is 8.60 Å². The van der Waals surface area contributed by atoms with Crippen LogP contribution in [0.4, 0.5) is 0 Å². The maximum absolute atomic E-state index is 7.18. The van der Waals surface area contributed by atoms with Crippen LogP contribution < -0.4 is 13.6 Å². The average molecular weight is 1010 g/mol. The molecule has 15 rings (SSSR count). The quantitative estimate of drug-likeness (QED) is 0.135. The van der Waals surface area contributed by atoms with Crippen LogP contribution in [-0.2, 0) is 16.2 Å². The monoisotopic (exact) mass is 1010 g/mol. The van der Waals surface area contributed by atoms with Crippen molar-refractivity contribution in [2.24, 2.45) is 0 Å². The first-order chi connectivity index (χ1) is 36.1. The van der Waals surface area contributed by atoms with Crippen LogP contribution in [0.3, 0.4) is 0 Å². The van der Waals surface area contributed by atoms with Gasteiger partial charge < -0.3 is 13.6 Å². The van der Waals surface area contributed by atoms with Gasteiger partial charge in [0.05, 0.1) is 0 Å². The zero-order chi connectivity index (χ0) is 53.5. The molecule has 0 aromatic heterocycles. The van der Waals surface area contributed by atoms with Crippen molar-refractivity contribution < 1.29 is 13.6 Å². The van der Waals surface area contributed by atoms with Crippen molar-refractivity contribution in [3.8, 4) is 50.6 Å². The molecule has 6 bridgehead atoms. The molecule has 0 spiro atoms. The summed E-state index contributed by atoms with van der Waals surface area (Å²) < 4.78 is 21.5. The maximum atomic E-state index is 7.18. The molecule has 0 atom stereocenters. The summed E-state index contributed by atoms with van der Waals surface area (Å²) in [6, 6.07) is 53.8. The van der Waals surface area contributed by atoms with E-state index in [2.05, 4.69) is 249 Å². The Kier molecular flexibility index (Phi) is 11.6. The normalized spacial score (nSPS) is 12.8. The lowest BCUT2D eigenvalue weighted by Gasteiger charge is -2.26. The Labute approximate surface area is 450 Å². The fourth-order valence-electron chi connectivity index (χ4n) is 12.7. The predicted molar refractivity (Wildman–Crippen MR) is 328 cm³/mol. The van der Waals surface area contributed by atoms with E-state index in [1.54, 1.807) is 0 Å². The van der Waals surface area contributed by atoms with E-state index in [0.29, 0.717) is 0 Å². The highest BCUT2D eigenvalue weighted by Crippen LogP contribution is 2.51. The SMILES string of the molecule is Cc1c(OP(Oc2cccc(-c3ccc4c5ccc(c(C(C)(C)C)c5)c4c3C)c2C)Oc2cccc(-c3ccc4c5ccc(c(C(C)(C)C)c5)c4c3C)c2C)cccc1-c1ccc2c3ccc(c(C(C)(C)C)c3)c2c1C. The minimum Gasteiger partial charge on any atom is -0.408 e. The molecule has 3 nitrogen and oxygen atoms in total. The van der Waals surface area contributed by atoms with Crippen molar-refractivity contribution in [3.63, 3.8) is 0 Å². The van der Waals surface area contributed by atoms with Crippen molar-refractivity contribution in [1.29, 1.82) is 0 Å². The number of aryl methyl sites for hydroxylation is 3. The third-order valence-electron chi connectivity index (χ3n) is 16.9. The summed E-state index contributed by atoms with van der Waals surface area (Å²) in [5, 5.41) is 15.7. The first kappa shape index (κ1) is 49.7. The van der Waals surface area contributed by atoms with E-state index in [1.165, 1.54) is 115 Å². The Hall–Kier alpha value is -7.19. The van der Waals surface area contributed by atoms with Crippen molar-refractivity contribution in [1.82, 2.24) is 0 Å². The first-order valence-corrected chi connectivity index (χ1v) is 28.2. The number of benzene rings is 15. The molecule has 0 radical (unpaired) electrons. The molecule has 380 valence electrons.